The molecule has 2 atom stereocenters. The van der Waals surface area contributed by atoms with Crippen LogP contribution in [0.1, 0.15) is 40.5 Å². The minimum Gasteiger partial charge on any atom is -0.444 e. The van der Waals surface area contributed by atoms with E-state index >= 15 is 0 Å². The van der Waals surface area contributed by atoms with Gasteiger partial charge in [-0.15, -0.1) is 0 Å². The molecule has 1 amide bonds. The fourth-order valence-corrected chi connectivity index (χ4v) is 2.11. The van der Waals surface area contributed by atoms with E-state index in [-0.39, 0.29) is 24.8 Å². The second-order valence-electron chi connectivity index (χ2n) is 6.01. The van der Waals surface area contributed by atoms with Crippen LogP contribution in [0.25, 0.3) is 0 Å². The van der Waals surface area contributed by atoms with Gasteiger partial charge in [0.2, 0.25) is 0 Å². The average Bonchev–Trinajstić information content (AvgIpc) is 2.25. The summed E-state index contributed by atoms with van der Waals surface area (Å²) < 4.78 is 5.24. The highest BCUT2D eigenvalue weighted by Gasteiger charge is 2.26. The molecule has 0 aromatic carbocycles. The van der Waals surface area contributed by atoms with Crippen molar-refractivity contribution in [2.24, 2.45) is 0 Å². The summed E-state index contributed by atoms with van der Waals surface area (Å²) in [6.07, 6.45) is 1.64. The van der Waals surface area contributed by atoms with Crippen molar-refractivity contribution in [2.75, 3.05) is 19.7 Å². The van der Waals surface area contributed by atoms with Crippen molar-refractivity contribution in [3.8, 4) is 0 Å². The van der Waals surface area contributed by atoms with Gasteiger partial charge in [0, 0.05) is 18.6 Å². The molecule has 0 radical (unpaired) electrons. The summed E-state index contributed by atoms with van der Waals surface area (Å²) in [5, 5.41) is 12.1. The molecule has 2 N–H and O–H groups in total. The molecule has 0 saturated carbocycles. The molecule has 5 heteroatoms. The predicted molar refractivity (Wildman–Crippen MR) is 70.5 cm³/mol. The molecule has 1 fully saturated rings. The number of carbonyl (C=O) groups is 1. The number of likely N-dealkylation sites (tertiary alicyclic amines) is 1. The fourth-order valence-electron chi connectivity index (χ4n) is 2.11. The minimum absolute atomic E-state index is 0.114. The molecule has 106 valence electrons. The van der Waals surface area contributed by atoms with Crippen LogP contribution in [0, 0.1) is 0 Å². The summed E-state index contributed by atoms with van der Waals surface area (Å²) in [5.74, 6) is 0. The van der Waals surface area contributed by atoms with E-state index in [1.54, 1.807) is 0 Å². The predicted octanol–water partition coefficient (Wildman–Crippen LogP) is 1.36. The van der Waals surface area contributed by atoms with Gasteiger partial charge in [0.15, 0.2) is 0 Å². The molecule has 1 aliphatic rings. The van der Waals surface area contributed by atoms with Gasteiger partial charge in [-0.2, -0.15) is 0 Å². The van der Waals surface area contributed by atoms with E-state index < -0.39 is 5.60 Å². The SMILES string of the molecule is CC(CO)N1CCC[C@@H](NC(=O)OC(C)(C)C)C1. The van der Waals surface area contributed by atoms with Gasteiger partial charge in [-0.25, -0.2) is 4.79 Å². The van der Waals surface area contributed by atoms with E-state index in [9.17, 15) is 4.79 Å². The molecule has 1 rings (SSSR count). The van der Waals surface area contributed by atoms with Crippen LogP contribution < -0.4 is 5.32 Å². The molecule has 0 spiro atoms. The lowest BCUT2D eigenvalue weighted by molar-refractivity contribution is 0.0439. The number of carbonyl (C=O) groups excluding carboxylic acids is 1. The van der Waals surface area contributed by atoms with Crippen molar-refractivity contribution in [1.82, 2.24) is 10.2 Å². The highest BCUT2D eigenvalue weighted by atomic mass is 16.6. The van der Waals surface area contributed by atoms with Gasteiger partial charge in [0.25, 0.3) is 0 Å². The number of aliphatic hydroxyl groups excluding tert-OH is 1. The number of piperidine rings is 1. The fraction of sp³-hybridized carbons (Fsp3) is 0.923. The van der Waals surface area contributed by atoms with Crippen molar-refractivity contribution in [3.05, 3.63) is 0 Å². The molecule has 0 aromatic rings. The van der Waals surface area contributed by atoms with E-state index in [0.717, 1.165) is 25.9 Å². The third-order valence-electron chi connectivity index (χ3n) is 3.06. The number of hydrogen-bond acceptors (Lipinski definition) is 4. The van der Waals surface area contributed by atoms with E-state index in [1.165, 1.54) is 0 Å². The zero-order valence-electron chi connectivity index (χ0n) is 11.9. The van der Waals surface area contributed by atoms with Crippen LogP contribution in [0.4, 0.5) is 4.79 Å². The Morgan fingerprint density at radius 2 is 2.22 bits per heavy atom. The maximum atomic E-state index is 11.7. The lowest BCUT2D eigenvalue weighted by atomic mass is 10.0. The van der Waals surface area contributed by atoms with E-state index in [1.807, 2.05) is 27.7 Å². The van der Waals surface area contributed by atoms with Crippen molar-refractivity contribution < 1.29 is 14.6 Å². The summed E-state index contributed by atoms with van der Waals surface area (Å²) in [4.78, 5) is 13.9. The molecular formula is C13H26N2O3. The van der Waals surface area contributed by atoms with Crippen LogP contribution >= 0.6 is 0 Å². The van der Waals surface area contributed by atoms with Crippen molar-refractivity contribution in [3.63, 3.8) is 0 Å². The van der Waals surface area contributed by atoms with Gasteiger partial charge in [-0.1, -0.05) is 0 Å². The number of alkyl carbamates (subject to hydrolysis) is 1. The smallest absolute Gasteiger partial charge is 0.407 e. The highest BCUT2D eigenvalue weighted by Crippen LogP contribution is 2.14. The second kappa shape index (κ2) is 6.38. The van der Waals surface area contributed by atoms with E-state index in [4.69, 9.17) is 9.84 Å². The Balaban J connectivity index is 2.40. The number of rotatable bonds is 3. The standard InChI is InChI=1S/C13H26N2O3/c1-10(9-16)15-7-5-6-11(8-15)14-12(17)18-13(2,3)4/h10-11,16H,5-9H2,1-4H3,(H,14,17)/t10?,11-/m1/s1. The Morgan fingerprint density at radius 1 is 1.56 bits per heavy atom. The Bertz CT molecular complexity index is 276. The first-order chi connectivity index (χ1) is 8.31. The molecule has 1 heterocycles. The third kappa shape index (κ3) is 5.23. The lowest BCUT2D eigenvalue weighted by Gasteiger charge is -2.36. The van der Waals surface area contributed by atoms with Gasteiger partial charge < -0.3 is 15.2 Å². The summed E-state index contributed by atoms with van der Waals surface area (Å²) in [5.41, 5.74) is -0.461. The Hall–Kier alpha value is -0.810. The van der Waals surface area contributed by atoms with Gasteiger partial charge in [-0.05, 0) is 47.1 Å². The number of nitrogens with one attached hydrogen (secondary N) is 1. The van der Waals surface area contributed by atoms with Gasteiger partial charge in [-0.3, -0.25) is 4.90 Å². The zero-order chi connectivity index (χ0) is 13.8. The van der Waals surface area contributed by atoms with Crippen LogP contribution in [-0.4, -0.2) is 53.5 Å². The molecule has 1 aliphatic heterocycles. The molecule has 5 nitrogen and oxygen atoms in total. The second-order valence-corrected chi connectivity index (χ2v) is 6.01. The quantitative estimate of drug-likeness (QED) is 0.802. The van der Waals surface area contributed by atoms with Crippen LogP contribution in [0.3, 0.4) is 0 Å². The number of hydrogen-bond donors (Lipinski definition) is 2. The van der Waals surface area contributed by atoms with Gasteiger partial charge in [0.05, 0.1) is 6.61 Å². The highest BCUT2D eigenvalue weighted by molar-refractivity contribution is 5.68. The first kappa shape index (κ1) is 15.2. The van der Waals surface area contributed by atoms with Crippen molar-refractivity contribution in [1.29, 1.82) is 0 Å². The normalized spacial score (nSPS) is 23.5. The van der Waals surface area contributed by atoms with Crippen LogP contribution in [-0.2, 0) is 4.74 Å². The van der Waals surface area contributed by atoms with E-state index in [2.05, 4.69) is 10.2 Å². The van der Waals surface area contributed by atoms with E-state index in [0.29, 0.717) is 0 Å². The van der Waals surface area contributed by atoms with Crippen molar-refractivity contribution >= 4 is 6.09 Å². The largest absolute Gasteiger partial charge is 0.444 e. The van der Waals surface area contributed by atoms with Crippen LogP contribution in [0.5, 0.6) is 0 Å². The average molecular weight is 258 g/mol. The number of nitrogens with zero attached hydrogens (tertiary/aromatic N) is 1. The number of amides is 1. The summed E-state index contributed by atoms with van der Waals surface area (Å²) in [6, 6.07) is 0.260. The third-order valence-corrected chi connectivity index (χ3v) is 3.06. The first-order valence-electron chi connectivity index (χ1n) is 6.66. The molecule has 0 aliphatic carbocycles. The molecule has 1 saturated heterocycles. The van der Waals surface area contributed by atoms with Gasteiger partial charge >= 0.3 is 6.09 Å². The Labute approximate surface area is 109 Å². The molecule has 18 heavy (non-hydrogen) atoms. The van der Waals surface area contributed by atoms with Crippen LogP contribution in [0.15, 0.2) is 0 Å². The molecular weight excluding hydrogens is 232 g/mol. The van der Waals surface area contributed by atoms with Crippen molar-refractivity contribution in [2.45, 2.75) is 58.2 Å². The topological polar surface area (TPSA) is 61.8 Å². The molecule has 0 aromatic heterocycles. The molecule has 0 bridgehead atoms. The van der Waals surface area contributed by atoms with Crippen LogP contribution in [0.2, 0.25) is 0 Å². The summed E-state index contributed by atoms with van der Waals surface area (Å²) in [6.45, 7) is 9.47. The minimum atomic E-state index is -0.461. The maximum Gasteiger partial charge on any atom is 0.407 e. The monoisotopic (exact) mass is 258 g/mol. The lowest BCUT2D eigenvalue weighted by Crippen LogP contribution is -2.51. The number of aliphatic hydroxyl groups is 1. The molecule has 1 unspecified atom stereocenters. The zero-order valence-corrected chi connectivity index (χ0v) is 11.9. The first-order valence-corrected chi connectivity index (χ1v) is 6.66. The Kier molecular flexibility index (Phi) is 5.41. The maximum absolute atomic E-state index is 11.7. The van der Waals surface area contributed by atoms with Gasteiger partial charge in [0.1, 0.15) is 5.60 Å². The summed E-state index contributed by atoms with van der Waals surface area (Å²) in [7, 11) is 0. The Morgan fingerprint density at radius 3 is 2.78 bits per heavy atom. The summed E-state index contributed by atoms with van der Waals surface area (Å²) >= 11 is 0. The number of ether oxygens (including phenoxy) is 1.